The number of benzene rings is 2. The van der Waals surface area contributed by atoms with Gasteiger partial charge in [0.25, 0.3) is 0 Å². The minimum Gasteiger partial charge on any atom is -0.304 e. The summed E-state index contributed by atoms with van der Waals surface area (Å²) < 4.78 is 13.7. The lowest BCUT2D eigenvalue weighted by molar-refractivity contribution is 0.474. The van der Waals surface area contributed by atoms with Gasteiger partial charge in [0.15, 0.2) is 0 Å². The molecule has 2 rings (SSSR count). The Bertz CT molecular complexity index is 495. The van der Waals surface area contributed by atoms with Gasteiger partial charge in [0.05, 0.1) is 0 Å². The third-order valence-corrected chi connectivity index (χ3v) is 3.17. The van der Waals surface area contributed by atoms with Gasteiger partial charge in [-0.05, 0) is 25.5 Å². The second-order valence-corrected chi connectivity index (χ2v) is 4.54. The lowest BCUT2D eigenvalue weighted by atomic mass is 10.0. The van der Waals surface area contributed by atoms with E-state index in [1.54, 1.807) is 6.07 Å². The lowest BCUT2D eigenvalue weighted by Gasteiger charge is -2.21. The zero-order chi connectivity index (χ0) is 13.0. The molecule has 0 bridgehead atoms. The Labute approximate surface area is 108 Å². The third-order valence-electron chi connectivity index (χ3n) is 3.17. The average Bonchev–Trinajstić information content (AvgIpc) is 2.40. The van der Waals surface area contributed by atoms with Gasteiger partial charge in [0, 0.05) is 17.6 Å². The molecule has 0 radical (unpaired) electrons. The molecule has 0 spiro atoms. The van der Waals surface area contributed by atoms with Crippen molar-refractivity contribution in [3.63, 3.8) is 0 Å². The largest absolute Gasteiger partial charge is 0.304 e. The van der Waals surface area contributed by atoms with E-state index in [0.29, 0.717) is 5.56 Å². The highest BCUT2D eigenvalue weighted by Crippen LogP contribution is 2.21. The molecule has 18 heavy (non-hydrogen) atoms. The van der Waals surface area contributed by atoms with Crippen LogP contribution in [0.5, 0.6) is 0 Å². The van der Waals surface area contributed by atoms with E-state index >= 15 is 0 Å². The van der Waals surface area contributed by atoms with Gasteiger partial charge < -0.3 is 5.32 Å². The van der Waals surface area contributed by atoms with Crippen LogP contribution in [0.3, 0.4) is 0 Å². The van der Waals surface area contributed by atoms with E-state index in [1.807, 2.05) is 37.3 Å². The predicted octanol–water partition coefficient (Wildman–Crippen LogP) is 4.24. The summed E-state index contributed by atoms with van der Waals surface area (Å²) in [5.41, 5.74) is 1.92. The van der Waals surface area contributed by atoms with Crippen molar-refractivity contribution < 1.29 is 4.39 Å². The molecule has 94 valence electrons. The Morgan fingerprint density at radius 2 is 1.44 bits per heavy atom. The summed E-state index contributed by atoms with van der Waals surface area (Å²) in [7, 11) is 0. The Morgan fingerprint density at radius 3 is 2.11 bits per heavy atom. The van der Waals surface area contributed by atoms with Crippen molar-refractivity contribution in [3.8, 4) is 0 Å². The fraction of sp³-hybridized carbons (Fsp3) is 0.250. The Hall–Kier alpha value is -1.67. The maximum absolute atomic E-state index is 13.7. The van der Waals surface area contributed by atoms with Gasteiger partial charge in [-0.25, -0.2) is 4.39 Å². The van der Waals surface area contributed by atoms with Crippen LogP contribution in [0.2, 0.25) is 0 Å². The van der Waals surface area contributed by atoms with Gasteiger partial charge in [-0.3, -0.25) is 0 Å². The van der Waals surface area contributed by atoms with Crippen LogP contribution in [0.25, 0.3) is 0 Å². The first-order chi connectivity index (χ1) is 8.68. The summed E-state index contributed by atoms with van der Waals surface area (Å²) in [6, 6.07) is 17.3. The van der Waals surface area contributed by atoms with Gasteiger partial charge in [-0.1, -0.05) is 48.5 Å². The average molecular weight is 243 g/mol. The van der Waals surface area contributed by atoms with Crippen LogP contribution in [0.1, 0.15) is 37.1 Å². The van der Waals surface area contributed by atoms with Crippen molar-refractivity contribution in [2.24, 2.45) is 0 Å². The molecule has 2 atom stereocenters. The highest BCUT2D eigenvalue weighted by Gasteiger charge is 2.13. The van der Waals surface area contributed by atoms with Crippen LogP contribution in [0.15, 0.2) is 54.6 Å². The molecule has 0 saturated heterocycles. The van der Waals surface area contributed by atoms with E-state index in [0.717, 1.165) is 0 Å². The normalized spacial score (nSPS) is 14.2. The van der Waals surface area contributed by atoms with Gasteiger partial charge in [-0.2, -0.15) is 0 Å². The lowest BCUT2D eigenvalue weighted by Crippen LogP contribution is -2.23. The number of hydrogen-bond acceptors (Lipinski definition) is 1. The van der Waals surface area contributed by atoms with Gasteiger partial charge in [0.1, 0.15) is 5.82 Å². The van der Waals surface area contributed by atoms with E-state index in [2.05, 4.69) is 24.4 Å². The Kier molecular flexibility index (Phi) is 4.11. The second-order valence-electron chi connectivity index (χ2n) is 4.54. The van der Waals surface area contributed by atoms with Crippen LogP contribution < -0.4 is 5.32 Å². The first-order valence-electron chi connectivity index (χ1n) is 6.24. The van der Waals surface area contributed by atoms with Crippen molar-refractivity contribution >= 4 is 0 Å². The molecule has 1 nitrogen and oxygen atoms in total. The molecule has 0 aromatic heterocycles. The van der Waals surface area contributed by atoms with Crippen LogP contribution in [0.4, 0.5) is 4.39 Å². The van der Waals surface area contributed by atoms with Crippen molar-refractivity contribution in [2.75, 3.05) is 0 Å². The summed E-state index contributed by atoms with van der Waals surface area (Å²) in [6.45, 7) is 4.07. The number of rotatable bonds is 4. The molecule has 1 N–H and O–H groups in total. The molecule has 0 aliphatic rings. The van der Waals surface area contributed by atoms with E-state index in [-0.39, 0.29) is 17.9 Å². The monoisotopic (exact) mass is 243 g/mol. The van der Waals surface area contributed by atoms with Gasteiger partial charge >= 0.3 is 0 Å². The molecule has 2 aromatic rings. The van der Waals surface area contributed by atoms with Crippen molar-refractivity contribution in [3.05, 3.63) is 71.5 Å². The Morgan fingerprint density at radius 1 is 0.833 bits per heavy atom. The highest BCUT2D eigenvalue weighted by molar-refractivity contribution is 5.22. The fourth-order valence-corrected chi connectivity index (χ4v) is 2.13. The van der Waals surface area contributed by atoms with E-state index < -0.39 is 0 Å². The standard InChI is InChI=1S/C16H18FN/c1-12(14-8-4-3-5-9-14)18-13(2)15-10-6-7-11-16(15)17/h3-13,18H,1-2H3/t12-,13+/m0/s1. The third kappa shape index (κ3) is 2.96. The van der Waals surface area contributed by atoms with Gasteiger partial charge in [0.2, 0.25) is 0 Å². The van der Waals surface area contributed by atoms with E-state index in [1.165, 1.54) is 11.6 Å². The number of halogens is 1. The molecular weight excluding hydrogens is 225 g/mol. The summed E-state index contributed by atoms with van der Waals surface area (Å²) in [4.78, 5) is 0. The molecule has 0 heterocycles. The van der Waals surface area contributed by atoms with E-state index in [9.17, 15) is 4.39 Å². The summed E-state index contributed by atoms with van der Waals surface area (Å²) >= 11 is 0. The van der Waals surface area contributed by atoms with Crippen molar-refractivity contribution in [2.45, 2.75) is 25.9 Å². The van der Waals surface area contributed by atoms with E-state index in [4.69, 9.17) is 0 Å². The molecule has 0 fully saturated rings. The number of nitrogens with one attached hydrogen (secondary N) is 1. The summed E-state index contributed by atoms with van der Waals surface area (Å²) in [5, 5.41) is 3.41. The molecule has 0 amide bonds. The molecule has 2 aromatic carbocycles. The molecule has 0 saturated carbocycles. The zero-order valence-electron chi connectivity index (χ0n) is 10.7. The maximum atomic E-state index is 13.7. The van der Waals surface area contributed by atoms with Crippen LogP contribution in [-0.4, -0.2) is 0 Å². The number of hydrogen-bond donors (Lipinski definition) is 1. The molecule has 0 unspecified atom stereocenters. The summed E-state index contributed by atoms with van der Waals surface area (Å²) in [6.07, 6.45) is 0. The van der Waals surface area contributed by atoms with Crippen LogP contribution in [0, 0.1) is 5.82 Å². The first-order valence-corrected chi connectivity index (χ1v) is 6.24. The molecule has 0 aliphatic heterocycles. The molecular formula is C16H18FN. The van der Waals surface area contributed by atoms with Gasteiger partial charge in [-0.15, -0.1) is 0 Å². The van der Waals surface area contributed by atoms with Crippen LogP contribution in [-0.2, 0) is 0 Å². The SMILES string of the molecule is C[C@H](N[C@H](C)c1ccccc1F)c1ccccc1. The first kappa shape index (κ1) is 12.8. The predicted molar refractivity (Wildman–Crippen MR) is 72.8 cm³/mol. The molecule has 2 heteroatoms. The van der Waals surface area contributed by atoms with Crippen molar-refractivity contribution in [1.82, 2.24) is 5.32 Å². The smallest absolute Gasteiger partial charge is 0.127 e. The maximum Gasteiger partial charge on any atom is 0.127 e. The topological polar surface area (TPSA) is 12.0 Å². The zero-order valence-corrected chi connectivity index (χ0v) is 10.7. The second kappa shape index (κ2) is 5.78. The summed E-state index contributed by atoms with van der Waals surface area (Å²) in [5.74, 6) is -0.155. The quantitative estimate of drug-likeness (QED) is 0.847. The Balaban J connectivity index is 2.08. The molecule has 0 aliphatic carbocycles. The highest BCUT2D eigenvalue weighted by atomic mass is 19.1. The fourth-order valence-electron chi connectivity index (χ4n) is 2.13. The minimum absolute atomic E-state index is 0.0126. The van der Waals surface area contributed by atoms with Crippen LogP contribution >= 0.6 is 0 Å². The van der Waals surface area contributed by atoms with Crippen molar-refractivity contribution in [1.29, 1.82) is 0 Å². The minimum atomic E-state index is -0.155.